The summed E-state index contributed by atoms with van der Waals surface area (Å²) in [4.78, 5) is 34.6. The van der Waals surface area contributed by atoms with Crippen molar-refractivity contribution in [1.82, 2.24) is 19.8 Å². The third-order valence-corrected chi connectivity index (χ3v) is 3.48. The standard InChI is InChI=1S/C16H15N5O2/c17-16(23)21-10-14(12-4-7-18-8-5-12)20(11-15(21)22)9-13-3-1-2-6-19-13/h1-8,10H,9,11H2,(H2,17,23). The molecule has 2 aromatic rings. The van der Waals surface area contributed by atoms with Crippen LogP contribution in [-0.2, 0) is 11.3 Å². The molecule has 1 aliphatic heterocycles. The summed E-state index contributed by atoms with van der Waals surface area (Å²) in [5, 5.41) is 0. The van der Waals surface area contributed by atoms with Gasteiger partial charge in [-0.25, -0.2) is 9.69 Å². The number of hydrogen-bond acceptors (Lipinski definition) is 5. The van der Waals surface area contributed by atoms with Crippen LogP contribution >= 0.6 is 0 Å². The highest BCUT2D eigenvalue weighted by Gasteiger charge is 2.28. The molecule has 0 spiro atoms. The van der Waals surface area contributed by atoms with Crippen LogP contribution in [0.2, 0.25) is 0 Å². The van der Waals surface area contributed by atoms with E-state index in [9.17, 15) is 9.59 Å². The molecule has 0 atom stereocenters. The molecule has 1 aliphatic rings. The van der Waals surface area contributed by atoms with Crippen LogP contribution in [0.1, 0.15) is 11.3 Å². The van der Waals surface area contributed by atoms with Gasteiger partial charge < -0.3 is 10.6 Å². The van der Waals surface area contributed by atoms with Gasteiger partial charge in [-0.05, 0) is 24.3 Å². The molecule has 0 unspecified atom stereocenters. The van der Waals surface area contributed by atoms with Gasteiger partial charge in [0, 0.05) is 30.4 Å². The quantitative estimate of drug-likeness (QED) is 0.919. The van der Waals surface area contributed by atoms with E-state index in [1.165, 1.54) is 6.20 Å². The third kappa shape index (κ3) is 3.18. The van der Waals surface area contributed by atoms with Gasteiger partial charge in [0.2, 0.25) is 0 Å². The van der Waals surface area contributed by atoms with Gasteiger partial charge in [0.25, 0.3) is 5.91 Å². The molecule has 3 amide bonds. The maximum atomic E-state index is 12.1. The zero-order chi connectivity index (χ0) is 16.2. The molecule has 0 radical (unpaired) electrons. The lowest BCUT2D eigenvalue weighted by Crippen LogP contribution is -2.46. The minimum absolute atomic E-state index is 0.0493. The fourth-order valence-corrected chi connectivity index (χ4v) is 2.40. The Balaban J connectivity index is 1.98. The highest BCUT2D eigenvalue weighted by Crippen LogP contribution is 2.25. The molecule has 0 aliphatic carbocycles. The second-order valence-electron chi connectivity index (χ2n) is 5.03. The molecule has 0 fully saturated rings. The summed E-state index contributed by atoms with van der Waals surface area (Å²) in [6.45, 7) is 0.501. The second kappa shape index (κ2) is 6.27. The van der Waals surface area contributed by atoms with Crippen molar-refractivity contribution in [3.63, 3.8) is 0 Å². The van der Waals surface area contributed by atoms with Crippen LogP contribution in [0.15, 0.2) is 55.1 Å². The maximum Gasteiger partial charge on any atom is 0.325 e. The molecule has 7 heteroatoms. The number of imide groups is 1. The number of urea groups is 1. The van der Waals surface area contributed by atoms with E-state index in [2.05, 4.69) is 9.97 Å². The number of nitrogens with two attached hydrogens (primary N) is 1. The van der Waals surface area contributed by atoms with E-state index >= 15 is 0 Å². The number of carbonyl (C=O) groups excluding carboxylic acids is 2. The zero-order valence-electron chi connectivity index (χ0n) is 12.3. The molecule has 0 aromatic carbocycles. The maximum absolute atomic E-state index is 12.1. The Morgan fingerprint density at radius 2 is 1.96 bits per heavy atom. The molecular weight excluding hydrogens is 294 g/mol. The Hall–Kier alpha value is -3.22. The zero-order valence-corrected chi connectivity index (χ0v) is 12.3. The fraction of sp³-hybridized carbons (Fsp3) is 0.125. The van der Waals surface area contributed by atoms with E-state index in [0.717, 1.165) is 21.9 Å². The van der Waals surface area contributed by atoms with Gasteiger partial charge in [0.1, 0.15) is 0 Å². The number of primary amides is 1. The minimum Gasteiger partial charge on any atom is -0.355 e. The predicted octanol–water partition coefficient (Wildman–Crippen LogP) is 1.20. The lowest BCUT2D eigenvalue weighted by molar-refractivity contribution is -0.127. The normalized spacial score (nSPS) is 14.6. The number of aromatic nitrogens is 2. The molecule has 7 nitrogen and oxygen atoms in total. The number of carbonyl (C=O) groups is 2. The summed E-state index contributed by atoms with van der Waals surface area (Å²) in [6, 6.07) is 8.44. The van der Waals surface area contributed by atoms with Gasteiger partial charge in [-0.1, -0.05) is 6.07 Å². The van der Waals surface area contributed by atoms with E-state index in [0.29, 0.717) is 6.54 Å². The molecule has 23 heavy (non-hydrogen) atoms. The van der Waals surface area contributed by atoms with Gasteiger partial charge >= 0.3 is 6.03 Å². The van der Waals surface area contributed by atoms with Gasteiger partial charge in [0.05, 0.1) is 24.5 Å². The van der Waals surface area contributed by atoms with Crippen LogP contribution in [0.5, 0.6) is 0 Å². The molecule has 3 rings (SSSR count). The Labute approximate surface area is 133 Å². The fourth-order valence-electron chi connectivity index (χ4n) is 2.40. The Morgan fingerprint density at radius 3 is 2.61 bits per heavy atom. The molecule has 0 bridgehead atoms. The van der Waals surface area contributed by atoms with Gasteiger partial charge in [-0.15, -0.1) is 0 Å². The van der Waals surface area contributed by atoms with Gasteiger partial charge in [-0.2, -0.15) is 0 Å². The monoisotopic (exact) mass is 309 g/mol. The van der Waals surface area contributed by atoms with Crippen LogP contribution in [0.4, 0.5) is 4.79 Å². The SMILES string of the molecule is NC(=O)N1C=C(c2ccncc2)N(Cc2ccccn2)CC1=O. The van der Waals surface area contributed by atoms with E-state index in [1.54, 1.807) is 18.6 Å². The van der Waals surface area contributed by atoms with Crippen LogP contribution in [0, 0.1) is 0 Å². The van der Waals surface area contributed by atoms with Crippen molar-refractivity contribution in [2.75, 3.05) is 6.54 Å². The van der Waals surface area contributed by atoms with E-state index in [4.69, 9.17) is 5.73 Å². The lowest BCUT2D eigenvalue weighted by atomic mass is 10.1. The van der Waals surface area contributed by atoms with Crippen molar-refractivity contribution in [2.45, 2.75) is 6.54 Å². The summed E-state index contributed by atoms with van der Waals surface area (Å²) >= 11 is 0. The summed E-state index contributed by atoms with van der Waals surface area (Å²) in [7, 11) is 0. The van der Waals surface area contributed by atoms with Crippen LogP contribution < -0.4 is 5.73 Å². The first-order valence-electron chi connectivity index (χ1n) is 7.04. The van der Waals surface area contributed by atoms with Crippen molar-refractivity contribution in [2.24, 2.45) is 5.73 Å². The molecule has 116 valence electrons. The Morgan fingerprint density at radius 1 is 1.17 bits per heavy atom. The average Bonchev–Trinajstić information content (AvgIpc) is 2.56. The van der Waals surface area contributed by atoms with Crippen molar-refractivity contribution in [1.29, 1.82) is 0 Å². The topological polar surface area (TPSA) is 92.4 Å². The van der Waals surface area contributed by atoms with Crippen LogP contribution in [0.3, 0.4) is 0 Å². The smallest absolute Gasteiger partial charge is 0.325 e. The van der Waals surface area contributed by atoms with E-state index < -0.39 is 6.03 Å². The summed E-state index contributed by atoms with van der Waals surface area (Å²) in [5.74, 6) is -0.369. The van der Waals surface area contributed by atoms with Crippen molar-refractivity contribution >= 4 is 17.6 Å². The molecule has 2 N–H and O–H groups in total. The summed E-state index contributed by atoms with van der Waals surface area (Å²) < 4.78 is 0. The Kier molecular flexibility index (Phi) is 4.01. The number of amides is 3. The average molecular weight is 309 g/mol. The van der Waals surface area contributed by atoms with E-state index in [1.807, 2.05) is 35.2 Å². The first-order chi connectivity index (χ1) is 11.1. The van der Waals surface area contributed by atoms with Crippen molar-refractivity contribution in [3.05, 3.63) is 66.4 Å². The number of nitrogens with zero attached hydrogens (tertiary/aromatic N) is 4. The van der Waals surface area contributed by atoms with Gasteiger partial charge in [0.15, 0.2) is 0 Å². The Bertz CT molecular complexity index is 746. The van der Waals surface area contributed by atoms with E-state index in [-0.39, 0.29) is 12.5 Å². The van der Waals surface area contributed by atoms with Crippen LogP contribution in [0.25, 0.3) is 5.70 Å². The molecule has 0 saturated carbocycles. The minimum atomic E-state index is -0.793. The molecule has 3 heterocycles. The molecule has 0 saturated heterocycles. The highest BCUT2D eigenvalue weighted by molar-refractivity contribution is 5.99. The van der Waals surface area contributed by atoms with Crippen molar-refractivity contribution < 1.29 is 9.59 Å². The first-order valence-corrected chi connectivity index (χ1v) is 7.04. The number of rotatable bonds is 3. The third-order valence-electron chi connectivity index (χ3n) is 3.48. The highest BCUT2D eigenvalue weighted by atomic mass is 16.2. The summed E-state index contributed by atoms with van der Waals surface area (Å²) in [5.41, 5.74) is 7.66. The van der Waals surface area contributed by atoms with Crippen molar-refractivity contribution in [3.8, 4) is 0 Å². The predicted molar refractivity (Wildman–Crippen MR) is 83.3 cm³/mol. The van der Waals surface area contributed by atoms with Crippen LogP contribution in [-0.4, -0.2) is 38.3 Å². The molecule has 2 aromatic heterocycles. The molecular formula is C16H15N5O2. The number of pyridine rings is 2. The second-order valence-corrected chi connectivity index (χ2v) is 5.03. The van der Waals surface area contributed by atoms with Gasteiger partial charge in [-0.3, -0.25) is 14.8 Å². The number of hydrogen-bond donors (Lipinski definition) is 1. The lowest BCUT2D eigenvalue weighted by Gasteiger charge is -2.33. The largest absolute Gasteiger partial charge is 0.355 e. The summed E-state index contributed by atoms with van der Waals surface area (Å²) in [6.07, 6.45) is 6.47. The first kappa shape index (κ1) is 14.7.